The second kappa shape index (κ2) is 6.13. The van der Waals surface area contributed by atoms with E-state index in [1.165, 1.54) is 0 Å². The molecular formula is C18H18N4O2. The second-order valence-corrected chi connectivity index (χ2v) is 5.90. The number of rotatable bonds is 3. The zero-order valence-electron chi connectivity index (χ0n) is 13.5. The maximum atomic E-state index is 12.3. The standard InChI is InChI=1S/C18H18N4O2/c1-11(20-13-3-4-14(9-19)22(2)10-13)16-8-12-7-15(23)5-6-17(12)21-18(16)24/h3-8,11,20,23H,10H2,1-2H3,(H,21,24)/t11-/m0/s1. The summed E-state index contributed by atoms with van der Waals surface area (Å²) < 4.78 is 0. The van der Waals surface area contributed by atoms with Crippen LogP contribution in [0.2, 0.25) is 0 Å². The highest BCUT2D eigenvalue weighted by atomic mass is 16.3. The highest BCUT2D eigenvalue weighted by molar-refractivity contribution is 5.80. The number of allylic oxidation sites excluding steroid dienone is 3. The quantitative estimate of drug-likeness (QED) is 0.805. The van der Waals surface area contributed by atoms with E-state index in [2.05, 4.69) is 16.4 Å². The van der Waals surface area contributed by atoms with Crippen molar-refractivity contribution >= 4 is 10.9 Å². The molecule has 6 heteroatoms. The number of aromatic hydroxyl groups is 1. The molecule has 2 aromatic rings. The van der Waals surface area contributed by atoms with Gasteiger partial charge in [0.05, 0.1) is 12.6 Å². The molecule has 3 N–H and O–H groups in total. The first-order valence-corrected chi connectivity index (χ1v) is 7.62. The summed E-state index contributed by atoms with van der Waals surface area (Å²) in [6.45, 7) is 2.49. The van der Waals surface area contributed by atoms with Crippen LogP contribution in [0.15, 0.2) is 52.6 Å². The summed E-state index contributed by atoms with van der Waals surface area (Å²) in [7, 11) is 1.85. The normalized spacial score (nSPS) is 15.5. The molecule has 1 aliphatic rings. The molecule has 1 aromatic carbocycles. The average Bonchev–Trinajstić information content (AvgIpc) is 2.54. The van der Waals surface area contributed by atoms with Crippen LogP contribution >= 0.6 is 0 Å². The van der Waals surface area contributed by atoms with Crippen LogP contribution in [-0.2, 0) is 0 Å². The maximum absolute atomic E-state index is 12.3. The van der Waals surface area contributed by atoms with Crippen molar-refractivity contribution in [2.45, 2.75) is 13.0 Å². The van der Waals surface area contributed by atoms with Crippen molar-refractivity contribution in [3.8, 4) is 11.8 Å². The third-order valence-electron chi connectivity index (χ3n) is 4.10. The van der Waals surface area contributed by atoms with Gasteiger partial charge < -0.3 is 20.3 Å². The molecule has 0 radical (unpaired) electrons. The molecule has 6 nitrogen and oxygen atoms in total. The number of aromatic amines is 1. The van der Waals surface area contributed by atoms with E-state index in [1.807, 2.05) is 24.9 Å². The first-order chi connectivity index (χ1) is 11.5. The van der Waals surface area contributed by atoms with Gasteiger partial charge in [0.2, 0.25) is 0 Å². The van der Waals surface area contributed by atoms with Crippen LogP contribution in [0, 0.1) is 11.3 Å². The number of H-pyrrole nitrogens is 1. The van der Waals surface area contributed by atoms with Gasteiger partial charge in [-0.3, -0.25) is 4.79 Å². The van der Waals surface area contributed by atoms with Gasteiger partial charge in [-0.05, 0) is 43.3 Å². The molecule has 2 heterocycles. The predicted octanol–water partition coefficient (Wildman–Crippen LogP) is 2.12. The number of nitrogens with zero attached hydrogens (tertiary/aromatic N) is 2. The Balaban J connectivity index is 1.89. The van der Waals surface area contributed by atoms with Crippen LogP contribution in [0.25, 0.3) is 10.9 Å². The molecule has 0 saturated heterocycles. The van der Waals surface area contributed by atoms with Crippen molar-refractivity contribution in [2.24, 2.45) is 0 Å². The summed E-state index contributed by atoms with van der Waals surface area (Å²) in [5.41, 5.74) is 2.65. The highest BCUT2D eigenvalue weighted by Gasteiger charge is 2.16. The Morgan fingerprint density at radius 2 is 2.17 bits per heavy atom. The van der Waals surface area contributed by atoms with E-state index in [0.29, 0.717) is 23.3 Å². The van der Waals surface area contributed by atoms with Gasteiger partial charge in [0, 0.05) is 29.2 Å². The zero-order valence-corrected chi connectivity index (χ0v) is 13.5. The molecule has 0 bridgehead atoms. The van der Waals surface area contributed by atoms with Crippen LogP contribution in [0.5, 0.6) is 5.75 Å². The Kier molecular flexibility index (Phi) is 4.00. The lowest BCUT2D eigenvalue weighted by Crippen LogP contribution is -2.32. The minimum Gasteiger partial charge on any atom is -0.508 e. The van der Waals surface area contributed by atoms with Gasteiger partial charge in [-0.1, -0.05) is 0 Å². The van der Waals surface area contributed by atoms with Crippen LogP contribution in [0.3, 0.4) is 0 Å². The van der Waals surface area contributed by atoms with Gasteiger partial charge in [-0.15, -0.1) is 0 Å². The Morgan fingerprint density at radius 1 is 1.38 bits per heavy atom. The molecule has 1 atom stereocenters. The molecule has 0 aliphatic carbocycles. The van der Waals surface area contributed by atoms with E-state index in [9.17, 15) is 9.90 Å². The monoisotopic (exact) mass is 322 g/mol. The third-order valence-corrected chi connectivity index (χ3v) is 4.10. The van der Waals surface area contributed by atoms with E-state index in [0.717, 1.165) is 11.1 Å². The topological polar surface area (TPSA) is 92.2 Å². The summed E-state index contributed by atoms with van der Waals surface area (Å²) in [4.78, 5) is 17.0. The largest absolute Gasteiger partial charge is 0.508 e. The minimum absolute atomic E-state index is 0.159. The van der Waals surface area contributed by atoms with Crippen LogP contribution < -0.4 is 10.9 Å². The van der Waals surface area contributed by atoms with E-state index in [4.69, 9.17) is 5.26 Å². The van der Waals surface area contributed by atoms with Crippen molar-refractivity contribution in [2.75, 3.05) is 13.6 Å². The van der Waals surface area contributed by atoms with Crippen molar-refractivity contribution in [1.29, 1.82) is 5.26 Å². The first kappa shape index (κ1) is 15.7. The molecule has 0 unspecified atom stereocenters. The van der Waals surface area contributed by atoms with Gasteiger partial charge in [0.15, 0.2) is 0 Å². The first-order valence-electron chi connectivity index (χ1n) is 7.62. The minimum atomic E-state index is -0.211. The zero-order chi connectivity index (χ0) is 17.3. The van der Waals surface area contributed by atoms with E-state index in [1.54, 1.807) is 30.3 Å². The Labute approximate surface area is 139 Å². The van der Waals surface area contributed by atoms with E-state index < -0.39 is 0 Å². The van der Waals surface area contributed by atoms with Crippen molar-refractivity contribution in [1.82, 2.24) is 15.2 Å². The molecule has 3 rings (SSSR count). The number of benzene rings is 1. The number of nitriles is 1. The molecule has 24 heavy (non-hydrogen) atoms. The van der Waals surface area contributed by atoms with E-state index in [-0.39, 0.29) is 17.4 Å². The summed E-state index contributed by atoms with van der Waals surface area (Å²) in [6.07, 6.45) is 3.61. The van der Waals surface area contributed by atoms with Crippen LogP contribution in [0.1, 0.15) is 18.5 Å². The summed E-state index contributed by atoms with van der Waals surface area (Å²) >= 11 is 0. The summed E-state index contributed by atoms with van der Waals surface area (Å²) in [6, 6.07) is 8.55. The van der Waals surface area contributed by atoms with Gasteiger partial charge in [0.1, 0.15) is 17.5 Å². The van der Waals surface area contributed by atoms with Gasteiger partial charge in [-0.25, -0.2) is 0 Å². The third kappa shape index (κ3) is 2.97. The smallest absolute Gasteiger partial charge is 0.253 e. The molecule has 1 aromatic heterocycles. The molecule has 0 spiro atoms. The van der Waals surface area contributed by atoms with Gasteiger partial charge >= 0.3 is 0 Å². The number of phenols is 1. The van der Waals surface area contributed by atoms with Gasteiger partial charge in [0.25, 0.3) is 5.56 Å². The fraction of sp³-hybridized carbons (Fsp3) is 0.222. The number of hydrogen-bond donors (Lipinski definition) is 3. The molecule has 122 valence electrons. The number of aromatic nitrogens is 1. The number of hydrogen-bond acceptors (Lipinski definition) is 5. The maximum Gasteiger partial charge on any atom is 0.253 e. The Bertz CT molecular complexity index is 950. The lowest BCUT2D eigenvalue weighted by atomic mass is 10.1. The van der Waals surface area contributed by atoms with Crippen molar-refractivity contribution in [3.63, 3.8) is 0 Å². The Morgan fingerprint density at radius 3 is 2.88 bits per heavy atom. The molecular weight excluding hydrogens is 304 g/mol. The molecule has 0 amide bonds. The lowest BCUT2D eigenvalue weighted by Gasteiger charge is -2.26. The number of phenolic OH excluding ortho intramolecular Hbond substituents is 1. The molecule has 0 saturated carbocycles. The number of fused-ring (bicyclic) bond motifs is 1. The summed E-state index contributed by atoms with van der Waals surface area (Å²) in [5.74, 6) is 0.159. The number of nitrogens with one attached hydrogen (secondary N) is 2. The lowest BCUT2D eigenvalue weighted by molar-refractivity contribution is 0.440. The fourth-order valence-corrected chi connectivity index (χ4v) is 2.80. The second-order valence-electron chi connectivity index (χ2n) is 5.90. The van der Waals surface area contributed by atoms with Crippen LogP contribution in [0.4, 0.5) is 0 Å². The van der Waals surface area contributed by atoms with Crippen molar-refractivity contribution < 1.29 is 5.11 Å². The van der Waals surface area contributed by atoms with E-state index >= 15 is 0 Å². The Hall–Kier alpha value is -3.20. The average molecular weight is 322 g/mol. The molecule has 0 fully saturated rings. The predicted molar refractivity (Wildman–Crippen MR) is 92.2 cm³/mol. The number of likely N-dealkylation sites (N-methyl/N-ethyl adjacent to an activating group) is 1. The fourth-order valence-electron chi connectivity index (χ4n) is 2.80. The molecule has 1 aliphatic heterocycles. The highest BCUT2D eigenvalue weighted by Crippen LogP contribution is 2.21. The van der Waals surface area contributed by atoms with Crippen molar-refractivity contribution in [3.05, 3.63) is 63.7 Å². The summed E-state index contributed by atoms with van der Waals surface area (Å²) in [5, 5.41) is 22.7. The number of pyridine rings is 1. The van der Waals surface area contributed by atoms with Gasteiger partial charge in [-0.2, -0.15) is 5.26 Å². The SMILES string of the molecule is C[C@H](NC1=CC=C(C#N)N(C)C1)c1cc2cc(O)ccc2[nH]c1=O. The van der Waals surface area contributed by atoms with Crippen LogP contribution in [-0.4, -0.2) is 28.6 Å².